The number of unbranched alkanes of at least 4 members (excludes halogenated alkanes) is 6. The molecule has 168 valence electrons. The zero-order valence-corrected chi connectivity index (χ0v) is 19.1. The molecule has 1 aliphatic rings. The molecule has 29 heavy (non-hydrogen) atoms. The molecule has 1 aliphatic heterocycles. The third-order valence-electron chi connectivity index (χ3n) is 5.88. The van der Waals surface area contributed by atoms with Crippen molar-refractivity contribution in [3.05, 3.63) is 11.6 Å². The van der Waals surface area contributed by atoms with Gasteiger partial charge < -0.3 is 14.6 Å². The molecule has 0 aromatic carbocycles. The molecule has 1 rings (SSSR count). The molecule has 5 nitrogen and oxygen atoms in total. The standard InChI is InChI=1S/C24H42O5/c1-6-7-8-9-10-11-12-13-19-14-21(29-24(19)27)22(16-25)28-23(26)15-20(17(2)3)18(4)5/h13,17-18,20-22,25H,6-12,14-16H2,1-5H3/b19-13-/t21-,22-/m1/s1. The third-order valence-corrected chi connectivity index (χ3v) is 5.88. The van der Waals surface area contributed by atoms with Crippen LogP contribution in [0.5, 0.6) is 0 Å². The van der Waals surface area contributed by atoms with Gasteiger partial charge in [0.05, 0.1) is 6.61 Å². The molecule has 1 fully saturated rings. The van der Waals surface area contributed by atoms with Crippen molar-refractivity contribution in [1.82, 2.24) is 0 Å². The van der Waals surface area contributed by atoms with Crippen molar-refractivity contribution in [3.63, 3.8) is 0 Å². The summed E-state index contributed by atoms with van der Waals surface area (Å²) in [5, 5.41) is 9.69. The van der Waals surface area contributed by atoms with E-state index in [0.717, 1.165) is 12.8 Å². The number of rotatable bonds is 14. The Kier molecular flexibility index (Phi) is 12.2. The van der Waals surface area contributed by atoms with Gasteiger partial charge in [-0.2, -0.15) is 0 Å². The van der Waals surface area contributed by atoms with E-state index in [0.29, 0.717) is 30.3 Å². The number of aliphatic hydroxyl groups is 1. The summed E-state index contributed by atoms with van der Waals surface area (Å²) in [7, 11) is 0. The molecule has 0 aromatic heterocycles. The number of cyclic esters (lactones) is 1. The number of ether oxygens (including phenoxy) is 2. The number of hydrogen-bond acceptors (Lipinski definition) is 5. The molecule has 2 atom stereocenters. The maximum atomic E-state index is 12.4. The lowest BCUT2D eigenvalue weighted by atomic mass is 9.83. The first-order valence-electron chi connectivity index (χ1n) is 11.5. The van der Waals surface area contributed by atoms with Gasteiger partial charge in [-0.05, 0) is 30.6 Å². The molecule has 0 radical (unpaired) electrons. The number of esters is 2. The zero-order valence-electron chi connectivity index (χ0n) is 19.1. The zero-order chi connectivity index (χ0) is 21.8. The van der Waals surface area contributed by atoms with E-state index >= 15 is 0 Å². The van der Waals surface area contributed by atoms with Crippen LogP contribution in [0.2, 0.25) is 0 Å². The minimum atomic E-state index is -0.800. The Morgan fingerprint density at radius 2 is 1.76 bits per heavy atom. The largest absolute Gasteiger partial charge is 0.456 e. The van der Waals surface area contributed by atoms with E-state index in [-0.39, 0.29) is 24.5 Å². The number of carbonyl (C=O) groups excluding carboxylic acids is 2. The summed E-state index contributed by atoms with van der Waals surface area (Å²) >= 11 is 0. The van der Waals surface area contributed by atoms with Gasteiger partial charge in [0, 0.05) is 18.4 Å². The predicted molar refractivity (Wildman–Crippen MR) is 115 cm³/mol. The second kappa shape index (κ2) is 13.8. The van der Waals surface area contributed by atoms with Crippen molar-refractivity contribution in [2.75, 3.05) is 6.61 Å². The van der Waals surface area contributed by atoms with Crippen LogP contribution in [0.1, 0.15) is 92.4 Å². The van der Waals surface area contributed by atoms with Crippen molar-refractivity contribution in [2.24, 2.45) is 17.8 Å². The second-order valence-electron chi connectivity index (χ2n) is 9.00. The van der Waals surface area contributed by atoms with E-state index in [4.69, 9.17) is 9.47 Å². The Morgan fingerprint density at radius 1 is 1.14 bits per heavy atom. The Labute approximate surface area is 177 Å². The lowest BCUT2D eigenvalue weighted by Gasteiger charge is -2.26. The van der Waals surface area contributed by atoms with E-state index in [1.54, 1.807) is 0 Å². The van der Waals surface area contributed by atoms with Crippen LogP contribution in [0, 0.1) is 17.8 Å². The average Bonchev–Trinajstić information content (AvgIpc) is 3.03. The van der Waals surface area contributed by atoms with Crippen LogP contribution in [-0.4, -0.2) is 35.9 Å². The first-order valence-corrected chi connectivity index (χ1v) is 11.5. The lowest BCUT2D eigenvalue weighted by Crippen LogP contribution is -2.35. The van der Waals surface area contributed by atoms with Crippen molar-refractivity contribution in [1.29, 1.82) is 0 Å². The number of carbonyl (C=O) groups is 2. The summed E-state index contributed by atoms with van der Waals surface area (Å²) in [5.41, 5.74) is 0.639. The van der Waals surface area contributed by atoms with Crippen LogP contribution in [0.15, 0.2) is 11.6 Å². The topological polar surface area (TPSA) is 72.8 Å². The van der Waals surface area contributed by atoms with Crippen LogP contribution in [0.3, 0.4) is 0 Å². The Morgan fingerprint density at radius 3 is 2.34 bits per heavy atom. The minimum Gasteiger partial charge on any atom is -0.456 e. The molecule has 0 aliphatic carbocycles. The summed E-state index contributed by atoms with van der Waals surface area (Å²) in [6.07, 6.45) is 9.39. The molecule has 0 saturated carbocycles. The SMILES string of the molecule is CCCCCCCC/C=C1/C[C@H]([C@@H](CO)OC(=O)CC(C(C)C)C(C)C)OC1=O. The average molecular weight is 411 g/mol. The van der Waals surface area contributed by atoms with Gasteiger partial charge >= 0.3 is 11.9 Å². The van der Waals surface area contributed by atoms with E-state index in [9.17, 15) is 14.7 Å². The highest BCUT2D eigenvalue weighted by Crippen LogP contribution is 2.28. The lowest BCUT2D eigenvalue weighted by molar-refractivity contribution is -0.165. The molecule has 5 heteroatoms. The molecule has 1 heterocycles. The van der Waals surface area contributed by atoms with E-state index in [1.807, 2.05) is 6.08 Å². The quantitative estimate of drug-likeness (QED) is 0.242. The Hall–Kier alpha value is -1.36. The van der Waals surface area contributed by atoms with Crippen molar-refractivity contribution >= 4 is 11.9 Å². The van der Waals surface area contributed by atoms with Gasteiger partial charge in [0.1, 0.15) is 6.10 Å². The summed E-state index contributed by atoms with van der Waals surface area (Å²) in [6.45, 7) is 10.3. The molecule has 0 unspecified atom stereocenters. The van der Waals surface area contributed by atoms with Gasteiger partial charge in [-0.1, -0.05) is 72.8 Å². The van der Waals surface area contributed by atoms with Gasteiger partial charge in [-0.25, -0.2) is 4.79 Å². The fraction of sp³-hybridized carbons (Fsp3) is 0.833. The van der Waals surface area contributed by atoms with Crippen LogP contribution in [0.4, 0.5) is 0 Å². The molecule has 0 bridgehead atoms. The molecular weight excluding hydrogens is 368 g/mol. The highest BCUT2D eigenvalue weighted by molar-refractivity contribution is 5.90. The van der Waals surface area contributed by atoms with Crippen LogP contribution in [-0.2, 0) is 19.1 Å². The van der Waals surface area contributed by atoms with E-state index in [1.165, 1.54) is 32.1 Å². The maximum Gasteiger partial charge on any atom is 0.334 e. The fourth-order valence-corrected chi connectivity index (χ4v) is 4.01. The van der Waals surface area contributed by atoms with Crippen LogP contribution < -0.4 is 0 Å². The van der Waals surface area contributed by atoms with Gasteiger partial charge in [-0.15, -0.1) is 0 Å². The maximum absolute atomic E-state index is 12.4. The van der Waals surface area contributed by atoms with E-state index in [2.05, 4.69) is 34.6 Å². The van der Waals surface area contributed by atoms with Crippen molar-refractivity contribution < 1.29 is 24.2 Å². The van der Waals surface area contributed by atoms with Gasteiger partial charge in [-0.3, -0.25) is 4.79 Å². The first-order chi connectivity index (χ1) is 13.8. The molecule has 1 saturated heterocycles. The molecule has 0 amide bonds. The van der Waals surface area contributed by atoms with Crippen molar-refractivity contribution in [3.8, 4) is 0 Å². The molecule has 0 aromatic rings. The van der Waals surface area contributed by atoms with Crippen LogP contribution >= 0.6 is 0 Å². The minimum absolute atomic E-state index is 0.223. The molecule has 0 spiro atoms. The fourth-order valence-electron chi connectivity index (χ4n) is 4.01. The molecular formula is C24H42O5. The number of hydrogen-bond donors (Lipinski definition) is 1. The Balaban J connectivity index is 2.49. The van der Waals surface area contributed by atoms with E-state index < -0.39 is 12.2 Å². The van der Waals surface area contributed by atoms with Crippen molar-refractivity contribution in [2.45, 2.75) is 105 Å². The smallest absolute Gasteiger partial charge is 0.334 e. The number of allylic oxidation sites excluding steroid dienone is 1. The third kappa shape index (κ3) is 9.33. The summed E-state index contributed by atoms with van der Waals surface area (Å²) in [5.74, 6) is 0.280. The normalized spacial score (nSPS) is 19.4. The molecule has 1 N–H and O–H groups in total. The highest BCUT2D eigenvalue weighted by atomic mass is 16.6. The predicted octanol–water partition coefficient (Wildman–Crippen LogP) is 5.20. The Bertz CT molecular complexity index is 515. The van der Waals surface area contributed by atoms with Gasteiger partial charge in [0.2, 0.25) is 0 Å². The number of aliphatic hydroxyl groups excluding tert-OH is 1. The van der Waals surface area contributed by atoms with Crippen LogP contribution in [0.25, 0.3) is 0 Å². The second-order valence-corrected chi connectivity index (χ2v) is 9.00. The summed E-state index contributed by atoms with van der Waals surface area (Å²) < 4.78 is 10.9. The highest BCUT2D eigenvalue weighted by Gasteiger charge is 2.37. The first kappa shape index (κ1) is 25.7. The van der Waals surface area contributed by atoms with Gasteiger partial charge in [0.15, 0.2) is 6.10 Å². The summed E-state index contributed by atoms with van der Waals surface area (Å²) in [6, 6.07) is 0. The summed E-state index contributed by atoms with van der Waals surface area (Å²) in [4.78, 5) is 24.5. The van der Waals surface area contributed by atoms with Gasteiger partial charge in [0.25, 0.3) is 0 Å². The monoisotopic (exact) mass is 410 g/mol.